The Morgan fingerprint density at radius 3 is 2.08 bits per heavy atom. The van der Waals surface area contributed by atoms with E-state index in [9.17, 15) is 16.8 Å². The van der Waals surface area contributed by atoms with Gasteiger partial charge in [0.25, 0.3) is 10.0 Å². The quantitative estimate of drug-likeness (QED) is 0.799. The molecule has 0 aliphatic carbocycles. The molecule has 24 heavy (non-hydrogen) atoms. The summed E-state index contributed by atoms with van der Waals surface area (Å²) in [4.78, 5) is -0.198. The molecule has 12 heteroatoms. The molecule has 0 bridgehead atoms. The monoisotopic (exact) mass is 411 g/mol. The van der Waals surface area contributed by atoms with Crippen molar-refractivity contribution in [2.75, 3.05) is 18.1 Å². The maximum Gasteiger partial charge on any atom is 0.263 e. The first kappa shape index (κ1) is 18.7. The molecule has 0 aliphatic heterocycles. The minimum atomic E-state index is -4.09. The van der Waals surface area contributed by atoms with Gasteiger partial charge in [-0.1, -0.05) is 23.2 Å². The van der Waals surface area contributed by atoms with Gasteiger partial charge in [0.2, 0.25) is 5.82 Å². The average molecular weight is 412 g/mol. The molecular weight excluding hydrogens is 401 g/mol. The van der Waals surface area contributed by atoms with Gasteiger partial charge in [0.05, 0.1) is 12.0 Å². The fourth-order valence-corrected chi connectivity index (χ4v) is 3.88. The molecule has 8 nitrogen and oxygen atoms in total. The van der Waals surface area contributed by atoms with E-state index in [-0.39, 0.29) is 31.5 Å². The SMILES string of the molecule is COc1cc(S(C)(=O)=O)nnc1NS(=O)(=O)c1cc(Cl)cc(Cl)c1. The van der Waals surface area contributed by atoms with Gasteiger partial charge in [0.1, 0.15) is 0 Å². The molecule has 0 amide bonds. The summed E-state index contributed by atoms with van der Waals surface area (Å²) in [6.07, 6.45) is 0.939. The lowest BCUT2D eigenvalue weighted by molar-refractivity contribution is 0.411. The number of sulfonamides is 1. The van der Waals surface area contributed by atoms with Crippen LogP contribution in [0.25, 0.3) is 0 Å². The highest BCUT2D eigenvalue weighted by atomic mass is 35.5. The van der Waals surface area contributed by atoms with Crippen LogP contribution in [0.3, 0.4) is 0 Å². The van der Waals surface area contributed by atoms with Crippen LogP contribution in [0.2, 0.25) is 10.0 Å². The third kappa shape index (κ3) is 4.26. The summed E-state index contributed by atoms with van der Waals surface area (Å²) < 4.78 is 54.8. The van der Waals surface area contributed by atoms with Crippen LogP contribution >= 0.6 is 23.2 Å². The molecule has 130 valence electrons. The van der Waals surface area contributed by atoms with Gasteiger partial charge in [-0.2, -0.15) is 0 Å². The summed E-state index contributed by atoms with van der Waals surface area (Å²) >= 11 is 11.6. The Balaban J connectivity index is 2.46. The van der Waals surface area contributed by atoms with Gasteiger partial charge in [-0.25, -0.2) is 16.8 Å². The van der Waals surface area contributed by atoms with E-state index in [1.54, 1.807) is 0 Å². The van der Waals surface area contributed by atoms with Gasteiger partial charge in [-0.15, -0.1) is 10.2 Å². The smallest absolute Gasteiger partial charge is 0.263 e. The highest BCUT2D eigenvalue weighted by molar-refractivity contribution is 7.92. The number of hydrogen-bond donors (Lipinski definition) is 1. The summed E-state index contributed by atoms with van der Waals surface area (Å²) in [6, 6.07) is 4.83. The molecule has 1 heterocycles. The van der Waals surface area contributed by atoms with E-state index >= 15 is 0 Å². The number of ether oxygens (including phenoxy) is 1. The lowest BCUT2D eigenvalue weighted by atomic mass is 10.4. The Bertz CT molecular complexity index is 973. The number of hydrogen-bond acceptors (Lipinski definition) is 7. The number of halogens is 2. The molecule has 0 spiro atoms. The van der Waals surface area contributed by atoms with Gasteiger partial charge in [-0.3, -0.25) is 4.72 Å². The topological polar surface area (TPSA) is 115 Å². The Morgan fingerprint density at radius 2 is 1.58 bits per heavy atom. The molecule has 1 aromatic carbocycles. The number of anilines is 1. The largest absolute Gasteiger partial charge is 0.493 e. The summed E-state index contributed by atoms with van der Waals surface area (Å²) in [6.45, 7) is 0. The van der Waals surface area contributed by atoms with Gasteiger partial charge >= 0.3 is 0 Å². The molecule has 1 N–H and O–H groups in total. The Kier molecular flexibility index (Phi) is 5.23. The number of nitrogens with zero attached hydrogens (tertiary/aromatic N) is 2. The van der Waals surface area contributed by atoms with Crippen molar-refractivity contribution < 1.29 is 21.6 Å². The van der Waals surface area contributed by atoms with E-state index in [0.717, 1.165) is 12.3 Å². The molecule has 0 saturated carbocycles. The zero-order chi connectivity index (χ0) is 18.1. The third-order valence-corrected chi connectivity index (χ3v) is 5.43. The van der Waals surface area contributed by atoms with E-state index in [2.05, 4.69) is 14.9 Å². The summed E-state index contributed by atoms with van der Waals surface area (Å²) in [5, 5.41) is 6.95. The van der Waals surface area contributed by atoms with Gasteiger partial charge in [0.15, 0.2) is 20.6 Å². The molecule has 2 rings (SSSR count). The number of methoxy groups -OCH3 is 1. The molecule has 0 atom stereocenters. The van der Waals surface area contributed by atoms with Crippen molar-refractivity contribution in [1.82, 2.24) is 10.2 Å². The van der Waals surface area contributed by atoms with E-state index in [1.165, 1.54) is 25.3 Å². The summed E-state index contributed by atoms with van der Waals surface area (Å²) in [7, 11) is -6.48. The van der Waals surface area contributed by atoms with Crippen molar-refractivity contribution in [2.45, 2.75) is 9.92 Å². The lowest BCUT2D eigenvalue weighted by Gasteiger charge is -2.11. The average Bonchev–Trinajstić information content (AvgIpc) is 2.45. The molecule has 1 aromatic heterocycles. The molecule has 0 unspecified atom stereocenters. The fraction of sp³-hybridized carbons (Fsp3) is 0.167. The number of sulfone groups is 1. The number of nitrogens with one attached hydrogen (secondary N) is 1. The Labute approximate surface area is 148 Å². The lowest BCUT2D eigenvalue weighted by Crippen LogP contribution is -2.16. The zero-order valence-electron chi connectivity index (χ0n) is 12.3. The number of rotatable bonds is 5. The van der Waals surface area contributed by atoms with Crippen LogP contribution in [0, 0.1) is 0 Å². The van der Waals surface area contributed by atoms with Crippen LogP contribution in [0.1, 0.15) is 0 Å². The molecule has 2 aromatic rings. The standard InChI is InChI=1S/C12H11Cl2N3O5S2/c1-22-10-6-11(23(2,18)19)15-16-12(10)17-24(20,21)9-4-7(13)3-8(14)5-9/h3-6H,1-2H3,(H,16,17). The predicted octanol–water partition coefficient (Wildman–Crippen LogP) is 2.00. The van der Waals surface area contributed by atoms with E-state index in [0.29, 0.717) is 0 Å². The van der Waals surface area contributed by atoms with Gasteiger partial charge in [0, 0.05) is 22.4 Å². The van der Waals surface area contributed by atoms with Crippen LogP contribution in [0.4, 0.5) is 5.82 Å². The Hall–Kier alpha value is -1.62. The Morgan fingerprint density at radius 1 is 1.00 bits per heavy atom. The molecule has 0 saturated heterocycles. The first-order valence-corrected chi connectivity index (χ1v) is 10.3. The maximum absolute atomic E-state index is 12.4. The molecular formula is C12H11Cl2N3O5S2. The van der Waals surface area contributed by atoms with Crippen LogP contribution in [0.15, 0.2) is 34.2 Å². The van der Waals surface area contributed by atoms with Crippen molar-refractivity contribution in [3.63, 3.8) is 0 Å². The minimum absolute atomic E-state index is 0.109. The molecule has 0 radical (unpaired) electrons. The number of aromatic nitrogens is 2. The van der Waals surface area contributed by atoms with E-state index in [4.69, 9.17) is 27.9 Å². The van der Waals surface area contributed by atoms with Gasteiger partial charge in [-0.05, 0) is 18.2 Å². The minimum Gasteiger partial charge on any atom is -0.493 e. The summed E-state index contributed by atoms with van der Waals surface area (Å²) in [5.74, 6) is -0.386. The van der Waals surface area contributed by atoms with Crippen LogP contribution in [-0.2, 0) is 19.9 Å². The van der Waals surface area contributed by atoms with Crippen LogP contribution in [-0.4, -0.2) is 40.4 Å². The van der Waals surface area contributed by atoms with Crippen molar-refractivity contribution in [3.05, 3.63) is 34.3 Å². The van der Waals surface area contributed by atoms with Crippen LogP contribution in [0.5, 0.6) is 5.75 Å². The highest BCUT2D eigenvalue weighted by Crippen LogP contribution is 2.28. The second-order valence-electron chi connectivity index (χ2n) is 4.58. The number of benzene rings is 1. The normalized spacial score (nSPS) is 12.0. The molecule has 0 fully saturated rings. The molecule has 0 aliphatic rings. The van der Waals surface area contributed by atoms with Gasteiger partial charge < -0.3 is 4.74 Å². The third-order valence-electron chi connectivity index (χ3n) is 2.71. The second kappa shape index (κ2) is 6.71. The van der Waals surface area contributed by atoms with Crippen LogP contribution < -0.4 is 9.46 Å². The predicted molar refractivity (Wildman–Crippen MR) is 89.0 cm³/mol. The van der Waals surface area contributed by atoms with E-state index < -0.39 is 19.9 Å². The first-order valence-electron chi connectivity index (χ1n) is 6.13. The van der Waals surface area contributed by atoms with E-state index in [1.807, 2.05) is 0 Å². The zero-order valence-corrected chi connectivity index (χ0v) is 15.5. The maximum atomic E-state index is 12.4. The van der Waals surface area contributed by atoms with Crippen molar-refractivity contribution in [3.8, 4) is 5.75 Å². The fourth-order valence-electron chi connectivity index (χ4n) is 1.64. The van der Waals surface area contributed by atoms with Crippen molar-refractivity contribution in [2.24, 2.45) is 0 Å². The highest BCUT2D eigenvalue weighted by Gasteiger charge is 2.21. The van der Waals surface area contributed by atoms with Crippen molar-refractivity contribution in [1.29, 1.82) is 0 Å². The summed E-state index contributed by atoms with van der Waals surface area (Å²) in [5.41, 5.74) is 0. The second-order valence-corrected chi connectivity index (χ2v) is 9.10. The van der Waals surface area contributed by atoms with Crippen molar-refractivity contribution >= 4 is 48.9 Å². The first-order chi connectivity index (χ1) is 11.0.